The molecule has 5 heteroatoms. The average Bonchev–Trinajstić information content (AvgIpc) is 2.80. The molecule has 1 N–H and O–H groups in total. The summed E-state index contributed by atoms with van der Waals surface area (Å²) in [4.78, 5) is 21.7. The minimum Gasteiger partial charge on any atom is -0.368 e. The fraction of sp³-hybridized carbons (Fsp3) is 0.250. The van der Waals surface area contributed by atoms with Gasteiger partial charge >= 0.3 is 0 Å². The average molecular weight is 386 g/mol. The van der Waals surface area contributed by atoms with E-state index < -0.39 is 0 Å². The van der Waals surface area contributed by atoms with Crippen molar-refractivity contribution >= 4 is 17.3 Å². The van der Waals surface area contributed by atoms with E-state index in [2.05, 4.69) is 44.4 Å². The quantitative estimate of drug-likeness (QED) is 0.723. The number of anilines is 2. The zero-order valence-electron chi connectivity index (χ0n) is 16.7. The van der Waals surface area contributed by atoms with E-state index in [1.165, 1.54) is 5.69 Å². The predicted octanol–water partition coefficient (Wildman–Crippen LogP) is 3.90. The Labute approximate surface area is 172 Å². The molecule has 0 spiro atoms. The zero-order valence-corrected chi connectivity index (χ0v) is 16.7. The molecule has 3 aromatic rings. The lowest BCUT2D eigenvalue weighted by molar-refractivity contribution is 0.0935. The topological polar surface area (TPSA) is 48.5 Å². The Hall–Kier alpha value is -3.34. The van der Waals surface area contributed by atoms with Crippen molar-refractivity contribution in [2.75, 3.05) is 36.0 Å². The molecule has 4 rings (SSSR count). The summed E-state index contributed by atoms with van der Waals surface area (Å²) in [5.74, 6) is -0.147. The van der Waals surface area contributed by atoms with Crippen molar-refractivity contribution in [3.8, 4) is 0 Å². The fourth-order valence-corrected chi connectivity index (χ4v) is 3.70. The summed E-state index contributed by atoms with van der Waals surface area (Å²) in [7, 11) is 0. The van der Waals surface area contributed by atoms with Crippen molar-refractivity contribution in [2.24, 2.45) is 0 Å². The number of piperazine rings is 1. The zero-order chi connectivity index (χ0) is 20.1. The number of aromatic nitrogens is 1. The lowest BCUT2D eigenvalue weighted by Gasteiger charge is -2.37. The first-order valence-corrected chi connectivity index (χ1v) is 10.1. The van der Waals surface area contributed by atoms with Crippen LogP contribution < -0.4 is 15.1 Å². The number of hydrogen-bond donors (Lipinski definition) is 1. The van der Waals surface area contributed by atoms with Crippen LogP contribution >= 0.6 is 0 Å². The summed E-state index contributed by atoms with van der Waals surface area (Å²) in [6.45, 7) is 5.73. The minimum atomic E-state index is -0.147. The third-order valence-corrected chi connectivity index (χ3v) is 5.39. The van der Waals surface area contributed by atoms with Crippen molar-refractivity contribution in [1.29, 1.82) is 0 Å². The molecule has 2 heterocycles. The van der Waals surface area contributed by atoms with Crippen molar-refractivity contribution < 1.29 is 4.79 Å². The van der Waals surface area contributed by atoms with Crippen LogP contribution in [0.3, 0.4) is 0 Å². The molecule has 1 unspecified atom stereocenters. The van der Waals surface area contributed by atoms with Gasteiger partial charge in [-0.2, -0.15) is 0 Å². The molecular weight excluding hydrogens is 360 g/mol. The second kappa shape index (κ2) is 8.78. The molecule has 1 amide bonds. The van der Waals surface area contributed by atoms with E-state index in [1.54, 1.807) is 6.20 Å². The first-order valence-electron chi connectivity index (χ1n) is 10.1. The number of para-hydroxylation sites is 1. The number of carbonyl (C=O) groups excluding carboxylic acids is 1. The molecule has 0 radical (unpaired) electrons. The Morgan fingerprint density at radius 1 is 0.862 bits per heavy atom. The molecule has 1 saturated heterocycles. The van der Waals surface area contributed by atoms with Crippen LogP contribution in [-0.4, -0.2) is 37.1 Å². The van der Waals surface area contributed by atoms with E-state index in [0.29, 0.717) is 5.69 Å². The predicted molar refractivity (Wildman–Crippen MR) is 117 cm³/mol. The van der Waals surface area contributed by atoms with Crippen molar-refractivity contribution in [2.45, 2.75) is 13.0 Å². The van der Waals surface area contributed by atoms with Crippen LogP contribution in [0.25, 0.3) is 0 Å². The van der Waals surface area contributed by atoms with E-state index in [4.69, 9.17) is 0 Å². The lowest BCUT2D eigenvalue weighted by Crippen LogP contribution is -2.46. The fourth-order valence-electron chi connectivity index (χ4n) is 3.70. The molecule has 1 aliphatic heterocycles. The van der Waals surface area contributed by atoms with E-state index in [1.807, 2.05) is 55.5 Å². The molecule has 1 aliphatic rings. The first-order chi connectivity index (χ1) is 14.2. The first kappa shape index (κ1) is 19.0. The van der Waals surface area contributed by atoms with Crippen molar-refractivity contribution in [3.63, 3.8) is 0 Å². The highest BCUT2D eigenvalue weighted by atomic mass is 16.1. The molecule has 0 aliphatic carbocycles. The maximum atomic E-state index is 12.7. The molecule has 0 bridgehead atoms. The van der Waals surface area contributed by atoms with E-state index in [9.17, 15) is 4.79 Å². The molecule has 1 atom stereocenters. The molecule has 5 nitrogen and oxygen atoms in total. The number of rotatable bonds is 5. The van der Waals surface area contributed by atoms with Crippen LogP contribution in [0.1, 0.15) is 29.0 Å². The Kier molecular flexibility index (Phi) is 5.75. The molecular formula is C24H26N4O. The number of amides is 1. The van der Waals surface area contributed by atoms with E-state index in [-0.39, 0.29) is 11.9 Å². The largest absolute Gasteiger partial charge is 0.368 e. The Morgan fingerprint density at radius 3 is 2.10 bits per heavy atom. The number of benzene rings is 2. The van der Waals surface area contributed by atoms with Crippen LogP contribution in [0.2, 0.25) is 0 Å². The third kappa shape index (κ3) is 4.57. The number of hydrogen-bond acceptors (Lipinski definition) is 4. The summed E-state index contributed by atoms with van der Waals surface area (Å²) in [6.07, 6.45) is 1.72. The highest BCUT2D eigenvalue weighted by Gasteiger charge is 2.19. The van der Waals surface area contributed by atoms with E-state index in [0.717, 1.165) is 37.4 Å². The van der Waals surface area contributed by atoms with Gasteiger partial charge < -0.3 is 15.1 Å². The highest BCUT2D eigenvalue weighted by Crippen LogP contribution is 2.21. The second-order valence-electron chi connectivity index (χ2n) is 7.31. The van der Waals surface area contributed by atoms with Gasteiger partial charge in [0.15, 0.2) is 0 Å². The summed E-state index contributed by atoms with van der Waals surface area (Å²) >= 11 is 0. The van der Waals surface area contributed by atoms with Gasteiger partial charge in [-0.3, -0.25) is 9.78 Å². The molecule has 1 fully saturated rings. The minimum absolute atomic E-state index is 0.0661. The molecule has 1 aromatic heterocycles. The van der Waals surface area contributed by atoms with Crippen LogP contribution in [-0.2, 0) is 0 Å². The van der Waals surface area contributed by atoms with Crippen LogP contribution in [0.15, 0.2) is 79.0 Å². The highest BCUT2D eigenvalue weighted by molar-refractivity contribution is 5.93. The monoisotopic (exact) mass is 386 g/mol. The van der Waals surface area contributed by atoms with E-state index >= 15 is 0 Å². The summed E-state index contributed by atoms with van der Waals surface area (Å²) in [5, 5.41) is 3.04. The second-order valence-corrected chi connectivity index (χ2v) is 7.31. The van der Waals surface area contributed by atoms with Gasteiger partial charge in [-0.25, -0.2) is 0 Å². The summed E-state index contributed by atoms with van der Waals surface area (Å²) < 4.78 is 0. The number of nitrogens with one attached hydrogen (secondary N) is 1. The number of carbonyl (C=O) groups is 1. The van der Waals surface area contributed by atoms with Gasteiger partial charge in [-0.05, 0) is 36.8 Å². The van der Waals surface area contributed by atoms with Crippen LogP contribution in [0.5, 0.6) is 0 Å². The molecule has 148 valence electrons. The standard InChI is InChI=1S/C24H26N4O/c1-19(20-8-4-2-5-9-20)26-24(29)23-18-22(12-13-25-23)28-16-14-27(15-17-28)21-10-6-3-7-11-21/h2-13,18-19H,14-17H2,1H3,(H,26,29). The smallest absolute Gasteiger partial charge is 0.270 e. The molecule has 2 aromatic carbocycles. The summed E-state index contributed by atoms with van der Waals surface area (Å²) in [6, 6.07) is 24.3. The number of pyridine rings is 1. The lowest BCUT2D eigenvalue weighted by atomic mass is 10.1. The Bertz CT molecular complexity index is 937. The van der Waals surface area contributed by atoms with Gasteiger partial charge in [0.05, 0.1) is 6.04 Å². The van der Waals surface area contributed by atoms with Crippen LogP contribution in [0.4, 0.5) is 11.4 Å². The molecule has 29 heavy (non-hydrogen) atoms. The normalized spacial score (nSPS) is 15.1. The SMILES string of the molecule is CC(NC(=O)c1cc(N2CCN(c3ccccc3)CC2)ccn1)c1ccccc1. The van der Waals surface area contributed by atoms with Crippen LogP contribution in [0, 0.1) is 0 Å². The van der Waals surface area contributed by atoms with Gasteiger partial charge in [0.1, 0.15) is 5.69 Å². The van der Waals surface area contributed by atoms with Gasteiger partial charge in [0, 0.05) is 43.8 Å². The third-order valence-electron chi connectivity index (χ3n) is 5.39. The van der Waals surface area contributed by atoms with Gasteiger partial charge in [-0.15, -0.1) is 0 Å². The summed E-state index contributed by atoms with van der Waals surface area (Å²) in [5.41, 5.74) is 3.84. The Morgan fingerprint density at radius 2 is 1.45 bits per heavy atom. The van der Waals surface area contributed by atoms with Crippen molar-refractivity contribution in [3.05, 3.63) is 90.3 Å². The Balaban J connectivity index is 1.39. The van der Waals surface area contributed by atoms with Gasteiger partial charge in [0.25, 0.3) is 5.91 Å². The maximum absolute atomic E-state index is 12.7. The number of nitrogens with zero attached hydrogens (tertiary/aromatic N) is 3. The maximum Gasteiger partial charge on any atom is 0.270 e. The molecule has 0 saturated carbocycles. The van der Waals surface area contributed by atoms with Crippen molar-refractivity contribution in [1.82, 2.24) is 10.3 Å². The van der Waals surface area contributed by atoms with Gasteiger partial charge in [-0.1, -0.05) is 48.5 Å². The van der Waals surface area contributed by atoms with Gasteiger partial charge in [0.2, 0.25) is 0 Å².